The van der Waals surface area contributed by atoms with Crippen molar-refractivity contribution in [1.29, 1.82) is 0 Å². The minimum Gasteiger partial charge on any atom is -0.497 e. The predicted octanol–water partition coefficient (Wildman–Crippen LogP) is 4.15. The van der Waals surface area contributed by atoms with Gasteiger partial charge in [0.05, 0.1) is 35.3 Å². The lowest BCUT2D eigenvalue weighted by Gasteiger charge is -2.10. The topological polar surface area (TPSA) is 152 Å². The highest BCUT2D eigenvalue weighted by molar-refractivity contribution is 5.91. The Morgan fingerprint density at radius 2 is 1.70 bits per heavy atom. The lowest BCUT2D eigenvalue weighted by atomic mass is 10.2. The number of nitro groups is 2. The molecule has 0 aliphatic carbocycles. The van der Waals surface area contributed by atoms with Gasteiger partial charge in [-0.15, -0.1) is 0 Å². The number of hydrogen-bond acceptors (Lipinski definition) is 8. The van der Waals surface area contributed by atoms with Crippen LogP contribution in [0.2, 0.25) is 0 Å². The molecule has 2 aromatic carbocycles. The van der Waals surface area contributed by atoms with Crippen molar-refractivity contribution in [1.82, 2.24) is 9.78 Å². The third-order valence-corrected chi connectivity index (χ3v) is 4.76. The molecule has 1 heterocycles. The minimum atomic E-state index is -0.592. The molecule has 1 N–H and O–H groups in total. The van der Waals surface area contributed by atoms with Crippen LogP contribution in [0.5, 0.6) is 17.2 Å². The van der Waals surface area contributed by atoms with Gasteiger partial charge < -0.3 is 14.8 Å². The number of amides is 1. The van der Waals surface area contributed by atoms with Crippen molar-refractivity contribution in [2.24, 2.45) is 0 Å². The second kappa shape index (κ2) is 9.77. The molecule has 0 bridgehead atoms. The molecule has 1 amide bonds. The second-order valence-electron chi connectivity index (χ2n) is 7.05. The van der Waals surface area contributed by atoms with Crippen LogP contribution >= 0.6 is 0 Å². The van der Waals surface area contributed by atoms with Crippen molar-refractivity contribution in [3.8, 4) is 17.2 Å². The van der Waals surface area contributed by atoms with E-state index in [1.807, 2.05) is 0 Å². The maximum Gasteiger partial charge on any atom is 0.312 e. The van der Waals surface area contributed by atoms with Gasteiger partial charge in [-0.3, -0.25) is 29.7 Å². The summed E-state index contributed by atoms with van der Waals surface area (Å²) in [6.45, 7) is 3.19. The van der Waals surface area contributed by atoms with E-state index in [4.69, 9.17) is 9.47 Å². The number of rotatable bonds is 9. The number of aryl methyl sites for hydroxylation is 2. The van der Waals surface area contributed by atoms with E-state index < -0.39 is 15.8 Å². The summed E-state index contributed by atoms with van der Waals surface area (Å²) < 4.78 is 12.2. The van der Waals surface area contributed by atoms with E-state index in [0.717, 1.165) is 0 Å². The van der Waals surface area contributed by atoms with Gasteiger partial charge in [0.25, 0.3) is 5.69 Å². The highest BCUT2D eigenvalue weighted by Gasteiger charge is 2.22. The van der Waals surface area contributed by atoms with Gasteiger partial charge in [-0.2, -0.15) is 5.10 Å². The Morgan fingerprint density at radius 1 is 1.03 bits per heavy atom. The number of nitro benzene ring substituents is 1. The maximum absolute atomic E-state index is 12.4. The molecule has 0 aliphatic heterocycles. The normalized spacial score (nSPS) is 10.5. The van der Waals surface area contributed by atoms with Crippen LogP contribution in [0, 0.1) is 34.1 Å². The molecule has 12 heteroatoms. The van der Waals surface area contributed by atoms with Gasteiger partial charge in [-0.1, -0.05) is 0 Å². The minimum absolute atomic E-state index is 0.0452. The molecule has 0 saturated carbocycles. The molecule has 3 aromatic rings. The zero-order valence-corrected chi connectivity index (χ0v) is 18.1. The van der Waals surface area contributed by atoms with Gasteiger partial charge in [0.1, 0.15) is 28.6 Å². The number of aromatic nitrogens is 2. The summed E-state index contributed by atoms with van der Waals surface area (Å²) in [5.41, 5.74) is 0.435. The highest BCUT2D eigenvalue weighted by atomic mass is 16.6. The van der Waals surface area contributed by atoms with Crippen LogP contribution in [-0.4, -0.2) is 32.6 Å². The number of anilines is 1. The fraction of sp³-hybridized carbons (Fsp3) is 0.238. The lowest BCUT2D eigenvalue weighted by molar-refractivity contribution is -0.386. The van der Waals surface area contributed by atoms with E-state index in [1.165, 1.54) is 36.9 Å². The largest absolute Gasteiger partial charge is 0.497 e. The molecular formula is C21H21N5O7. The van der Waals surface area contributed by atoms with E-state index >= 15 is 0 Å². The average Bonchev–Trinajstić information content (AvgIpc) is 3.05. The SMILES string of the molecule is COc1ccc(Oc2cc(NC(=O)CCn3nc(C)c([N+](=O)[O-])c3C)cc([N+](=O)[O-])c2)cc1. The molecule has 0 spiro atoms. The van der Waals surface area contributed by atoms with Crippen LogP contribution in [0.25, 0.3) is 0 Å². The molecule has 3 rings (SSSR count). The van der Waals surface area contributed by atoms with Gasteiger partial charge in [0.15, 0.2) is 0 Å². The highest BCUT2D eigenvalue weighted by Crippen LogP contribution is 2.30. The quantitative estimate of drug-likeness (QED) is 0.373. The molecule has 0 fully saturated rings. The van der Waals surface area contributed by atoms with Crippen molar-refractivity contribution in [2.75, 3.05) is 12.4 Å². The summed E-state index contributed by atoms with van der Waals surface area (Å²) in [7, 11) is 1.53. The third-order valence-electron chi connectivity index (χ3n) is 4.76. The van der Waals surface area contributed by atoms with Gasteiger partial charge in [0.2, 0.25) is 5.91 Å². The Balaban J connectivity index is 1.72. The molecule has 0 radical (unpaired) electrons. The summed E-state index contributed by atoms with van der Waals surface area (Å²) >= 11 is 0. The lowest BCUT2D eigenvalue weighted by Crippen LogP contribution is -2.16. The first-order chi connectivity index (χ1) is 15.7. The third kappa shape index (κ3) is 5.61. The zero-order valence-electron chi connectivity index (χ0n) is 18.1. The first-order valence-corrected chi connectivity index (χ1v) is 9.77. The van der Waals surface area contributed by atoms with Crippen LogP contribution in [-0.2, 0) is 11.3 Å². The molecule has 0 aliphatic rings. The number of carbonyl (C=O) groups excluding carboxylic acids is 1. The van der Waals surface area contributed by atoms with E-state index in [-0.39, 0.29) is 41.5 Å². The Morgan fingerprint density at radius 3 is 2.27 bits per heavy atom. The maximum atomic E-state index is 12.4. The van der Waals surface area contributed by atoms with Crippen molar-refractivity contribution in [2.45, 2.75) is 26.8 Å². The summed E-state index contributed by atoms with van der Waals surface area (Å²) in [5.74, 6) is 0.780. The first-order valence-electron chi connectivity index (χ1n) is 9.77. The van der Waals surface area contributed by atoms with Crippen molar-refractivity contribution in [3.63, 3.8) is 0 Å². The van der Waals surface area contributed by atoms with Gasteiger partial charge in [0, 0.05) is 18.6 Å². The molecule has 33 heavy (non-hydrogen) atoms. The zero-order chi connectivity index (χ0) is 24.1. The molecular weight excluding hydrogens is 434 g/mol. The molecule has 0 atom stereocenters. The van der Waals surface area contributed by atoms with Gasteiger partial charge >= 0.3 is 5.69 Å². The number of ether oxygens (including phenoxy) is 2. The molecule has 172 valence electrons. The van der Waals surface area contributed by atoms with Crippen molar-refractivity contribution >= 4 is 23.0 Å². The number of hydrogen-bond donors (Lipinski definition) is 1. The summed E-state index contributed by atoms with van der Waals surface area (Å²) in [6.07, 6.45) is -0.0452. The molecule has 1 aromatic heterocycles. The second-order valence-corrected chi connectivity index (χ2v) is 7.05. The first kappa shape index (κ1) is 23.2. The smallest absolute Gasteiger partial charge is 0.312 e. The Hall–Kier alpha value is -4.48. The van der Waals surface area contributed by atoms with Gasteiger partial charge in [-0.05, 0) is 38.1 Å². The van der Waals surface area contributed by atoms with Crippen LogP contribution in [0.1, 0.15) is 17.8 Å². The molecule has 12 nitrogen and oxygen atoms in total. The number of nitrogens with one attached hydrogen (secondary N) is 1. The van der Waals surface area contributed by atoms with Crippen molar-refractivity contribution < 1.29 is 24.1 Å². The summed E-state index contributed by atoms with van der Waals surface area (Å²) in [4.78, 5) is 33.8. The number of nitrogens with zero attached hydrogens (tertiary/aromatic N) is 4. The van der Waals surface area contributed by atoms with E-state index in [0.29, 0.717) is 17.2 Å². The fourth-order valence-corrected chi connectivity index (χ4v) is 3.20. The summed E-state index contributed by atoms with van der Waals surface area (Å²) in [6, 6.07) is 10.6. The number of carbonyl (C=O) groups is 1. The van der Waals surface area contributed by atoms with E-state index in [1.54, 1.807) is 31.2 Å². The predicted molar refractivity (Wildman–Crippen MR) is 118 cm³/mol. The Bertz CT molecular complexity index is 1200. The fourth-order valence-electron chi connectivity index (χ4n) is 3.20. The van der Waals surface area contributed by atoms with Gasteiger partial charge in [-0.25, -0.2) is 0 Å². The van der Waals surface area contributed by atoms with Crippen LogP contribution < -0.4 is 14.8 Å². The number of benzene rings is 2. The monoisotopic (exact) mass is 455 g/mol. The van der Waals surface area contributed by atoms with E-state index in [9.17, 15) is 25.0 Å². The number of non-ortho nitro benzene ring substituents is 1. The van der Waals surface area contributed by atoms with Crippen LogP contribution in [0.15, 0.2) is 42.5 Å². The average molecular weight is 455 g/mol. The molecule has 0 saturated heterocycles. The van der Waals surface area contributed by atoms with E-state index in [2.05, 4.69) is 10.4 Å². The van der Waals surface area contributed by atoms with Crippen LogP contribution in [0.3, 0.4) is 0 Å². The Labute approximate surface area is 188 Å². The number of methoxy groups -OCH3 is 1. The standard InChI is InChI=1S/C21H21N5O7/c1-13-21(26(30)31)14(2)24(23-13)9-8-20(27)22-15-10-16(25(28)29)12-19(11-15)33-18-6-4-17(32-3)5-7-18/h4-7,10-12H,8-9H2,1-3H3,(H,22,27). The Kier molecular flexibility index (Phi) is 6.86. The molecule has 0 unspecified atom stereocenters. The summed E-state index contributed by atoms with van der Waals surface area (Å²) in [5, 5.41) is 29.1. The van der Waals surface area contributed by atoms with Crippen molar-refractivity contribution in [3.05, 3.63) is 74.1 Å². The van der Waals surface area contributed by atoms with Crippen LogP contribution in [0.4, 0.5) is 17.1 Å².